The van der Waals surface area contributed by atoms with Crippen LogP contribution in [0, 0.1) is 0 Å². The summed E-state index contributed by atoms with van der Waals surface area (Å²) in [5, 5.41) is 23.8. The predicted octanol–water partition coefficient (Wildman–Crippen LogP) is 4.84. The average molecular weight is 747 g/mol. The van der Waals surface area contributed by atoms with Crippen LogP contribution in [0.3, 0.4) is 0 Å². The van der Waals surface area contributed by atoms with Crippen LogP contribution in [-0.4, -0.2) is 75.2 Å². The van der Waals surface area contributed by atoms with Gasteiger partial charge in [0, 0.05) is 28.9 Å². The number of carbonyl (C=O) groups is 4. The first-order valence-corrected chi connectivity index (χ1v) is 17.2. The Balaban J connectivity index is 1.18. The quantitative estimate of drug-likeness (QED) is 0.0976. The van der Waals surface area contributed by atoms with E-state index in [1.165, 1.54) is 24.3 Å². The van der Waals surface area contributed by atoms with Crippen LogP contribution in [0.5, 0.6) is 6.01 Å². The fourth-order valence-corrected chi connectivity index (χ4v) is 5.82. The zero-order valence-electron chi connectivity index (χ0n) is 27.9. The van der Waals surface area contributed by atoms with E-state index in [1.54, 1.807) is 12.1 Å². The van der Waals surface area contributed by atoms with Crippen molar-refractivity contribution in [3.63, 3.8) is 0 Å². The summed E-state index contributed by atoms with van der Waals surface area (Å²) in [5.41, 5.74) is 0.769. The number of ether oxygens (including phenoxy) is 1. The molecule has 2 aliphatic carbocycles. The Bertz CT molecular complexity index is 1730. The number of amides is 3. The number of anilines is 3. The number of halogens is 4. The van der Waals surface area contributed by atoms with Crippen LogP contribution in [0.2, 0.25) is 5.02 Å². The zero-order valence-corrected chi connectivity index (χ0v) is 28.6. The van der Waals surface area contributed by atoms with Gasteiger partial charge in [-0.25, -0.2) is 4.79 Å². The molecule has 1 heterocycles. The first kappa shape index (κ1) is 38.1. The minimum absolute atomic E-state index is 0.0331. The van der Waals surface area contributed by atoms with Crippen LogP contribution in [0.25, 0.3) is 0 Å². The normalized spacial score (nSPS) is 16.1. The van der Waals surface area contributed by atoms with Gasteiger partial charge in [0.1, 0.15) is 6.04 Å². The van der Waals surface area contributed by atoms with E-state index in [2.05, 4.69) is 41.5 Å². The Kier molecular flexibility index (Phi) is 12.4. The minimum Gasteiger partial charge on any atom is -0.480 e. The number of carboxylic acids is 1. The van der Waals surface area contributed by atoms with Gasteiger partial charge in [0.05, 0.1) is 5.54 Å². The van der Waals surface area contributed by atoms with Gasteiger partial charge in [0.2, 0.25) is 11.9 Å². The maximum Gasteiger partial charge on any atom is 0.422 e. The molecule has 2 aromatic carbocycles. The van der Waals surface area contributed by atoms with E-state index in [4.69, 9.17) is 16.3 Å². The average Bonchev–Trinajstić information content (AvgIpc) is 3.92. The van der Waals surface area contributed by atoms with Gasteiger partial charge in [0.15, 0.2) is 6.61 Å². The van der Waals surface area contributed by atoms with Gasteiger partial charge >= 0.3 is 30.0 Å². The molecule has 3 amide bonds. The molecule has 0 bridgehead atoms. The fraction of sp³-hybridized carbons (Fsp3) is 0.441. The Hall–Kier alpha value is -5.19. The molecule has 1 aromatic heterocycles. The molecule has 0 saturated heterocycles. The van der Waals surface area contributed by atoms with Crippen LogP contribution in [0.15, 0.2) is 48.5 Å². The lowest BCUT2D eigenvalue weighted by Gasteiger charge is -2.19. The lowest BCUT2D eigenvalue weighted by atomic mass is 10.1. The van der Waals surface area contributed by atoms with Crippen molar-refractivity contribution in [2.24, 2.45) is 0 Å². The topological polar surface area (TPSA) is 197 Å². The molecular formula is C34H38ClF3N8O6. The second-order valence-corrected chi connectivity index (χ2v) is 13.1. The van der Waals surface area contributed by atoms with Crippen molar-refractivity contribution in [1.82, 2.24) is 30.9 Å². The second-order valence-electron chi connectivity index (χ2n) is 12.7. The number of nitrogens with zero attached hydrogens (tertiary/aromatic N) is 3. The molecule has 0 aliphatic heterocycles. The first-order valence-electron chi connectivity index (χ1n) is 16.8. The monoisotopic (exact) mass is 746 g/mol. The van der Waals surface area contributed by atoms with Crippen LogP contribution >= 0.6 is 11.6 Å². The first-order chi connectivity index (χ1) is 24.8. The summed E-state index contributed by atoms with van der Waals surface area (Å²) < 4.78 is 43.6. The number of aromatic nitrogens is 3. The van der Waals surface area contributed by atoms with Crippen molar-refractivity contribution < 1.29 is 42.2 Å². The highest BCUT2D eigenvalue weighted by Gasteiger charge is 2.45. The third kappa shape index (κ3) is 11.2. The van der Waals surface area contributed by atoms with Crippen LogP contribution in [0.4, 0.5) is 30.8 Å². The van der Waals surface area contributed by atoms with E-state index in [-0.39, 0.29) is 36.5 Å². The van der Waals surface area contributed by atoms with E-state index in [0.29, 0.717) is 23.6 Å². The van der Waals surface area contributed by atoms with Crippen molar-refractivity contribution >= 4 is 52.9 Å². The minimum atomic E-state index is -4.64. The maximum atomic E-state index is 12.9. The predicted molar refractivity (Wildman–Crippen MR) is 183 cm³/mol. The van der Waals surface area contributed by atoms with Gasteiger partial charge in [-0.3, -0.25) is 14.4 Å². The summed E-state index contributed by atoms with van der Waals surface area (Å²) in [6.45, 7) is -1.79. The highest BCUT2D eigenvalue weighted by Crippen LogP contribution is 2.48. The number of alkyl halides is 3. The molecule has 3 aromatic rings. The lowest BCUT2D eigenvalue weighted by molar-refractivity contribution is -0.154. The van der Waals surface area contributed by atoms with Crippen molar-refractivity contribution in [2.45, 2.75) is 81.6 Å². The molecular weight excluding hydrogens is 709 g/mol. The summed E-state index contributed by atoms with van der Waals surface area (Å²) in [6, 6.07) is 10.8. The highest BCUT2D eigenvalue weighted by molar-refractivity contribution is 6.35. The lowest BCUT2D eigenvalue weighted by Crippen LogP contribution is -2.47. The molecule has 278 valence electrons. The van der Waals surface area contributed by atoms with Gasteiger partial charge in [-0.1, -0.05) is 49.4 Å². The molecule has 52 heavy (non-hydrogen) atoms. The highest BCUT2D eigenvalue weighted by atomic mass is 35.5. The number of aliphatic carboxylic acids is 1. The van der Waals surface area contributed by atoms with Crippen LogP contribution in [0.1, 0.15) is 73.7 Å². The number of rotatable bonds is 14. The maximum absolute atomic E-state index is 12.9. The van der Waals surface area contributed by atoms with Crippen molar-refractivity contribution in [3.05, 3.63) is 64.7 Å². The Morgan fingerprint density at radius 1 is 0.904 bits per heavy atom. The van der Waals surface area contributed by atoms with Gasteiger partial charge in [0.25, 0.3) is 5.91 Å². The molecule has 2 aliphatic rings. The number of hydrogen-bond acceptors (Lipinski definition) is 10. The fourth-order valence-electron chi connectivity index (χ4n) is 5.69. The van der Waals surface area contributed by atoms with Gasteiger partial charge in [-0.05, 0) is 74.1 Å². The largest absolute Gasteiger partial charge is 0.480 e. The molecule has 5 rings (SSSR count). The SMILES string of the molecule is O=C(NCC[C@H](NC(=O)c1ccc(Nc2nc(NC3(c4ccc(Cl)cc4)CC3)nc(OCC(F)(F)F)n2)cc1)C(=O)O)C(=O)NC1CCCCCC1. The number of hydrogen-bond donors (Lipinski definition) is 6. The van der Waals surface area contributed by atoms with Crippen LogP contribution < -0.4 is 31.3 Å². The number of carboxylic acid groups (broad SMARTS) is 1. The summed E-state index contributed by atoms with van der Waals surface area (Å²) in [4.78, 5) is 61.6. The molecule has 6 N–H and O–H groups in total. The molecule has 1 atom stereocenters. The summed E-state index contributed by atoms with van der Waals surface area (Å²) in [6.07, 6.45) is 2.31. The second kappa shape index (κ2) is 16.9. The summed E-state index contributed by atoms with van der Waals surface area (Å²) in [7, 11) is 0. The van der Waals surface area contributed by atoms with E-state index >= 15 is 0 Å². The Morgan fingerprint density at radius 3 is 2.17 bits per heavy atom. The van der Waals surface area contributed by atoms with E-state index in [0.717, 1.165) is 44.1 Å². The molecule has 18 heteroatoms. The standard InChI is InChI=1S/C34H38ClF3N8O6/c35-22-11-9-21(10-12-22)33(16-17-33)46-31-43-30(44-32(45-31)52-19-34(36,37)38)41-24-13-7-20(8-14-24)26(47)42-25(29(50)51)15-18-39-27(48)28(49)40-23-5-3-1-2-4-6-23/h7-14,23,25H,1-6,15-19H2,(H,39,48)(H,40,49)(H,42,47)(H,50,51)(H2,41,43,44,45,46)/t25-/m0/s1. The van der Waals surface area contributed by atoms with Gasteiger partial charge in [-0.2, -0.15) is 28.1 Å². The van der Waals surface area contributed by atoms with Crippen molar-refractivity contribution in [2.75, 3.05) is 23.8 Å². The van der Waals surface area contributed by atoms with Crippen LogP contribution in [-0.2, 0) is 19.9 Å². The number of nitrogens with one attached hydrogen (secondary N) is 5. The van der Waals surface area contributed by atoms with Crippen molar-refractivity contribution in [1.29, 1.82) is 0 Å². The van der Waals surface area contributed by atoms with Gasteiger partial charge in [-0.15, -0.1) is 0 Å². The van der Waals surface area contributed by atoms with Crippen molar-refractivity contribution in [3.8, 4) is 6.01 Å². The number of carbonyl (C=O) groups excluding carboxylic acids is 3. The summed E-state index contributed by atoms with van der Waals surface area (Å²) >= 11 is 6.02. The Labute approximate surface area is 301 Å². The molecule has 0 radical (unpaired) electrons. The molecule has 14 nitrogen and oxygen atoms in total. The summed E-state index contributed by atoms with van der Waals surface area (Å²) in [5.74, 6) is -3.89. The zero-order chi connectivity index (χ0) is 37.3. The third-order valence-electron chi connectivity index (χ3n) is 8.60. The smallest absolute Gasteiger partial charge is 0.422 e. The molecule has 0 unspecified atom stereocenters. The Morgan fingerprint density at radius 2 is 1.56 bits per heavy atom. The van der Waals surface area contributed by atoms with Gasteiger partial charge < -0.3 is 36.4 Å². The molecule has 0 spiro atoms. The molecule has 2 fully saturated rings. The van der Waals surface area contributed by atoms with E-state index in [1.807, 2.05) is 12.1 Å². The number of benzene rings is 2. The third-order valence-corrected chi connectivity index (χ3v) is 8.85. The molecule has 2 saturated carbocycles. The van der Waals surface area contributed by atoms with E-state index in [9.17, 15) is 37.5 Å². The van der Waals surface area contributed by atoms with E-state index < -0.39 is 54.1 Å².